The van der Waals surface area contributed by atoms with Crippen LogP contribution < -0.4 is 10.6 Å². The smallest absolute Gasteiger partial charge is 0.245 e. The van der Waals surface area contributed by atoms with Crippen LogP contribution in [0.1, 0.15) is 5.56 Å². The highest BCUT2D eigenvalue weighted by Crippen LogP contribution is 2.27. The first-order valence-electron chi connectivity index (χ1n) is 8.38. The molecule has 1 saturated heterocycles. The number of hydrogen-bond acceptors (Lipinski definition) is 4. The van der Waals surface area contributed by atoms with Gasteiger partial charge in [-0.05, 0) is 61.1 Å². The van der Waals surface area contributed by atoms with Crippen LogP contribution in [0.5, 0.6) is 0 Å². The molecule has 0 bridgehead atoms. The molecule has 0 spiro atoms. The van der Waals surface area contributed by atoms with Crippen molar-refractivity contribution in [2.45, 2.75) is 11.8 Å². The van der Waals surface area contributed by atoms with E-state index in [0.717, 1.165) is 5.56 Å². The normalized spacial score (nSPS) is 15.3. The molecule has 1 heterocycles. The quantitative estimate of drug-likeness (QED) is 0.757. The van der Waals surface area contributed by atoms with E-state index in [1.54, 1.807) is 30.3 Å². The van der Waals surface area contributed by atoms with E-state index in [1.807, 2.05) is 6.92 Å². The molecular weight excluding hydrogens is 389 g/mol. The van der Waals surface area contributed by atoms with Gasteiger partial charge in [0.15, 0.2) is 5.11 Å². The van der Waals surface area contributed by atoms with Crippen LogP contribution in [0.25, 0.3) is 0 Å². The highest BCUT2D eigenvalue weighted by atomic mass is 32.2. The van der Waals surface area contributed by atoms with Crippen molar-refractivity contribution in [3.63, 3.8) is 0 Å². The van der Waals surface area contributed by atoms with Gasteiger partial charge >= 0.3 is 0 Å². The van der Waals surface area contributed by atoms with Crippen LogP contribution in [0, 0.1) is 12.7 Å². The number of nitrogens with one attached hydrogen (secondary N) is 2. The summed E-state index contributed by atoms with van der Waals surface area (Å²) >= 11 is 5.28. The number of halogens is 1. The lowest BCUT2D eigenvalue weighted by Crippen LogP contribution is -2.41. The molecule has 0 radical (unpaired) electrons. The molecule has 0 saturated carbocycles. The van der Waals surface area contributed by atoms with E-state index >= 15 is 0 Å². The fourth-order valence-corrected chi connectivity index (χ4v) is 4.56. The van der Waals surface area contributed by atoms with E-state index in [9.17, 15) is 12.8 Å². The lowest BCUT2D eigenvalue weighted by atomic mass is 10.2. The Morgan fingerprint density at radius 3 is 2.44 bits per heavy atom. The van der Waals surface area contributed by atoms with Crippen molar-refractivity contribution < 1.29 is 17.5 Å². The minimum atomic E-state index is -3.69. The molecule has 9 heteroatoms. The van der Waals surface area contributed by atoms with Crippen LogP contribution in [0.4, 0.5) is 15.8 Å². The molecule has 27 heavy (non-hydrogen) atoms. The van der Waals surface area contributed by atoms with Crippen LogP contribution in [0.15, 0.2) is 47.4 Å². The van der Waals surface area contributed by atoms with E-state index < -0.39 is 10.0 Å². The molecule has 2 N–H and O–H groups in total. The number of morpholine rings is 1. The number of aryl methyl sites for hydroxylation is 1. The van der Waals surface area contributed by atoms with Gasteiger partial charge in [-0.3, -0.25) is 0 Å². The Hall–Kier alpha value is -2.07. The summed E-state index contributed by atoms with van der Waals surface area (Å²) in [4.78, 5) is 0.160. The first-order chi connectivity index (χ1) is 12.9. The average Bonchev–Trinajstić information content (AvgIpc) is 2.65. The lowest BCUT2D eigenvalue weighted by molar-refractivity contribution is 0.0730. The summed E-state index contributed by atoms with van der Waals surface area (Å²) in [5.74, 6) is -0.350. The molecule has 3 rings (SSSR count). The first-order valence-corrected chi connectivity index (χ1v) is 10.2. The summed E-state index contributed by atoms with van der Waals surface area (Å²) in [6.07, 6.45) is 0. The summed E-state index contributed by atoms with van der Waals surface area (Å²) in [7, 11) is -3.69. The van der Waals surface area contributed by atoms with Gasteiger partial charge < -0.3 is 15.4 Å². The Bertz CT molecular complexity index is 927. The zero-order valence-corrected chi connectivity index (χ0v) is 16.4. The Labute approximate surface area is 163 Å². The Morgan fingerprint density at radius 2 is 1.78 bits per heavy atom. The third-order valence-electron chi connectivity index (χ3n) is 4.08. The maximum Gasteiger partial charge on any atom is 0.245 e. The van der Waals surface area contributed by atoms with Crippen molar-refractivity contribution in [2.24, 2.45) is 0 Å². The van der Waals surface area contributed by atoms with E-state index in [-0.39, 0.29) is 15.8 Å². The minimum Gasteiger partial charge on any atom is -0.379 e. The Kier molecular flexibility index (Phi) is 6.05. The molecular formula is C18H20FN3O3S2. The monoisotopic (exact) mass is 409 g/mol. The van der Waals surface area contributed by atoms with Gasteiger partial charge in [-0.15, -0.1) is 0 Å². The van der Waals surface area contributed by atoms with Gasteiger partial charge in [0.05, 0.1) is 18.9 Å². The summed E-state index contributed by atoms with van der Waals surface area (Å²) in [5, 5.41) is 6.06. The molecule has 1 aliphatic heterocycles. The number of ether oxygens (including phenoxy) is 1. The number of nitrogens with zero attached hydrogens (tertiary/aromatic N) is 1. The average molecular weight is 410 g/mol. The second-order valence-electron chi connectivity index (χ2n) is 6.10. The number of thiocarbonyl (C=S) groups is 1. The molecule has 2 aromatic carbocycles. The van der Waals surface area contributed by atoms with E-state index in [0.29, 0.717) is 37.7 Å². The molecule has 0 unspecified atom stereocenters. The van der Waals surface area contributed by atoms with Gasteiger partial charge in [0, 0.05) is 18.8 Å². The number of rotatable bonds is 4. The standard InChI is InChI=1S/C18H20FN3O3S2/c1-13-2-7-16(21-18(26)20-15-5-3-14(19)4-6-15)17(12-13)27(23,24)22-8-10-25-11-9-22/h2-7,12H,8-11H2,1H3,(H2,20,21,26). The largest absolute Gasteiger partial charge is 0.379 e. The summed E-state index contributed by atoms with van der Waals surface area (Å²) in [6.45, 7) is 3.20. The molecule has 0 aromatic heterocycles. The third-order valence-corrected chi connectivity index (χ3v) is 6.22. The topological polar surface area (TPSA) is 70.7 Å². The molecule has 0 aliphatic carbocycles. The maximum absolute atomic E-state index is 13.1. The first kappa shape index (κ1) is 19.7. The molecule has 6 nitrogen and oxygen atoms in total. The predicted molar refractivity (Wildman–Crippen MR) is 107 cm³/mol. The van der Waals surface area contributed by atoms with Crippen molar-refractivity contribution in [3.8, 4) is 0 Å². The number of benzene rings is 2. The highest BCUT2D eigenvalue weighted by molar-refractivity contribution is 7.89. The van der Waals surface area contributed by atoms with Gasteiger partial charge in [0.2, 0.25) is 10.0 Å². The summed E-state index contributed by atoms with van der Waals surface area (Å²) in [5.41, 5.74) is 1.80. The molecule has 0 atom stereocenters. The third kappa shape index (κ3) is 4.81. The van der Waals surface area contributed by atoms with Gasteiger partial charge in [0.25, 0.3) is 0 Å². The van der Waals surface area contributed by atoms with E-state index in [1.165, 1.54) is 16.4 Å². The van der Waals surface area contributed by atoms with Gasteiger partial charge in [-0.1, -0.05) is 6.07 Å². The number of hydrogen-bond donors (Lipinski definition) is 2. The highest BCUT2D eigenvalue weighted by Gasteiger charge is 2.29. The van der Waals surface area contributed by atoms with Crippen LogP contribution in [-0.2, 0) is 14.8 Å². The lowest BCUT2D eigenvalue weighted by Gasteiger charge is -2.27. The van der Waals surface area contributed by atoms with Crippen molar-refractivity contribution in [2.75, 3.05) is 36.9 Å². The van der Waals surface area contributed by atoms with Crippen LogP contribution in [0.2, 0.25) is 0 Å². The summed E-state index contributed by atoms with van der Waals surface area (Å²) in [6, 6.07) is 10.8. The maximum atomic E-state index is 13.1. The second-order valence-corrected chi connectivity index (χ2v) is 8.42. The fraction of sp³-hybridized carbons (Fsp3) is 0.278. The Balaban J connectivity index is 1.83. The number of anilines is 2. The molecule has 1 fully saturated rings. The molecule has 2 aromatic rings. The van der Waals surface area contributed by atoms with Crippen molar-refractivity contribution >= 4 is 38.7 Å². The van der Waals surface area contributed by atoms with Crippen LogP contribution in [-0.4, -0.2) is 44.1 Å². The second kappa shape index (κ2) is 8.30. The van der Waals surface area contributed by atoms with Crippen LogP contribution in [0.3, 0.4) is 0 Å². The fourth-order valence-electron chi connectivity index (χ4n) is 2.69. The van der Waals surface area contributed by atoms with Gasteiger partial charge in [0.1, 0.15) is 10.7 Å². The number of sulfonamides is 1. The van der Waals surface area contributed by atoms with E-state index in [4.69, 9.17) is 17.0 Å². The van der Waals surface area contributed by atoms with Gasteiger partial charge in [-0.25, -0.2) is 12.8 Å². The zero-order valence-electron chi connectivity index (χ0n) is 14.7. The molecule has 144 valence electrons. The van der Waals surface area contributed by atoms with Crippen molar-refractivity contribution in [1.29, 1.82) is 0 Å². The molecule has 1 aliphatic rings. The summed E-state index contributed by atoms with van der Waals surface area (Å²) < 4.78 is 45.8. The SMILES string of the molecule is Cc1ccc(NC(=S)Nc2ccc(F)cc2)c(S(=O)(=O)N2CCOCC2)c1. The minimum absolute atomic E-state index is 0.160. The van der Waals surface area contributed by atoms with Crippen molar-refractivity contribution in [1.82, 2.24) is 4.31 Å². The zero-order chi connectivity index (χ0) is 19.4. The Morgan fingerprint density at radius 1 is 1.11 bits per heavy atom. The van der Waals surface area contributed by atoms with E-state index in [2.05, 4.69) is 10.6 Å². The van der Waals surface area contributed by atoms with Gasteiger partial charge in [-0.2, -0.15) is 4.31 Å². The predicted octanol–water partition coefficient (Wildman–Crippen LogP) is 2.96. The molecule has 0 amide bonds. The van der Waals surface area contributed by atoms with Crippen LogP contribution >= 0.6 is 12.2 Å². The van der Waals surface area contributed by atoms with Crippen molar-refractivity contribution in [3.05, 3.63) is 53.8 Å².